The normalized spacial score (nSPS) is 17.4. The molecule has 2 saturated heterocycles. The summed E-state index contributed by atoms with van der Waals surface area (Å²) in [5, 5.41) is 0.177. The van der Waals surface area contributed by atoms with Crippen LogP contribution in [0.15, 0.2) is 42.5 Å². The Labute approximate surface area is 183 Å². The average molecular weight is 428 g/mol. The number of hydrogen-bond acceptors (Lipinski definition) is 4. The third kappa shape index (κ3) is 4.84. The predicted molar refractivity (Wildman–Crippen MR) is 125 cm³/mol. The molecule has 4 N–H and O–H groups in total. The number of nitrogens with zero attached hydrogens (tertiary/aromatic N) is 2. The van der Waals surface area contributed by atoms with E-state index < -0.39 is 0 Å². The van der Waals surface area contributed by atoms with Crippen molar-refractivity contribution in [2.24, 2.45) is 5.73 Å². The molecule has 0 atom stereocenters. The lowest BCUT2D eigenvalue weighted by molar-refractivity contribution is 0.497. The van der Waals surface area contributed by atoms with E-state index in [4.69, 9.17) is 18.0 Å². The van der Waals surface area contributed by atoms with Crippen LogP contribution in [-0.4, -0.2) is 31.3 Å². The zero-order valence-electron chi connectivity index (χ0n) is 17.2. The van der Waals surface area contributed by atoms with Gasteiger partial charge in [-0.05, 0) is 67.1 Å². The summed E-state index contributed by atoms with van der Waals surface area (Å²) in [6.07, 6.45) is 4.44. The SMILES string of the molecule is NC(=S)NNCc1cc(F)c(N2CCC(c3ccccc3)CC2)cc1N1CCCC1. The lowest BCUT2D eigenvalue weighted by Gasteiger charge is -2.35. The highest BCUT2D eigenvalue weighted by atomic mass is 32.1. The highest BCUT2D eigenvalue weighted by Gasteiger charge is 2.25. The van der Waals surface area contributed by atoms with Gasteiger partial charge in [0.15, 0.2) is 5.11 Å². The van der Waals surface area contributed by atoms with Gasteiger partial charge in [-0.25, -0.2) is 9.82 Å². The van der Waals surface area contributed by atoms with Gasteiger partial charge in [0, 0.05) is 38.4 Å². The molecule has 0 spiro atoms. The zero-order chi connectivity index (χ0) is 20.9. The van der Waals surface area contributed by atoms with Gasteiger partial charge in [-0.3, -0.25) is 5.43 Å². The van der Waals surface area contributed by atoms with Crippen LogP contribution in [0.3, 0.4) is 0 Å². The maximum atomic E-state index is 15.1. The number of benzene rings is 2. The van der Waals surface area contributed by atoms with Gasteiger partial charge in [0.2, 0.25) is 0 Å². The van der Waals surface area contributed by atoms with Gasteiger partial charge in [0.05, 0.1) is 5.69 Å². The molecule has 4 rings (SSSR count). The minimum absolute atomic E-state index is 0.164. The van der Waals surface area contributed by atoms with Gasteiger partial charge in [-0.2, -0.15) is 0 Å². The Hall–Kier alpha value is -2.38. The Bertz CT molecular complexity index is 861. The molecule has 0 unspecified atom stereocenters. The number of rotatable bonds is 6. The van der Waals surface area contributed by atoms with E-state index in [-0.39, 0.29) is 10.9 Å². The number of halogens is 1. The molecule has 2 aliphatic heterocycles. The third-order valence-corrected chi connectivity index (χ3v) is 6.29. The topological polar surface area (TPSA) is 56.6 Å². The summed E-state index contributed by atoms with van der Waals surface area (Å²) in [6, 6.07) is 14.4. The Balaban J connectivity index is 1.51. The predicted octanol–water partition coefficient (Wildman–Crippen LogP) is 3.65. The van der Waals surface area contributed by atoms with Crippen molar-refractivity contribution >= 4 is 28.7 Å². The van der Waals surface area contributed by atoms with Gasteiger partial charge in [0.25, 0.3) is 0 Å². The van der Waals surface area contributed by atoms with Gasteiger partial charge in [0.1, 0.15) is 5.82 Å². The molecule has 2 fully saturated rings. The van der Waals surface area contributed by atoms with E-state index in [0.29, 0.717) is 12.5 Å². The smallest absolute Gasteiger partial charge is 0.178 e. The molecule has 0 aromatic heterocycles. The van der Waals surface area contributed by atoms with E-state index in [0.717, 1.165) is 56.0 Å². The monoisotopic (exact) mass is 427 g/mol. The maximum absolute atomic E-state index is 15.1. The minimum Gasteiger partial charge on any atom is -0.375 e. The van der Waals surface area contributed by atoms with Crippen molar-refractivity contribution in [1.82, 2.24) is 10.9 Å². The van der Waals surface area contributed by atoms with Crippen molar-refractivity contribution < 1.29 is 4.39 Å². The lowest BCUT2D eigenvalue weighted by Crippen LogP contribution is -2.40. The molecule has 0 bridgehead atoms. The first kappa shape index (κ1) is 20.9. The highest BCUT2D eigenvalue weighted by Crippen LogP contribution is 2.35. The van der Waals surface area contributed by atoms with Crippen molar-refractivity contribution in [3.63, 3.8) is 0 Å². The minimum atomic E-state index is -0.164. The first-order valence-corrected chi connectivity index (χ1v) is 11.2. The fraction of sp³-hybridized carbons (Fsp3) is 0.435. The molecule has 160 valence electrons. The van der Waals surface area contributed by atoms with E-state index in [1.807, 2.05) is 6.07 Å². The molecule has 0 saturated carbocycles. The van der Waals surface area contributed by atoms with E-state index in [9.17, 15) is 0 Å². The molecule has 30 heavy (non-hydrogen) atoms. The quantitative estimate of drug-likeness (QED) is 0.483. The van der Waals surface area contributed by atoms with Gasteiger partial charge in [-0.1, -0.05) is 30.3 Å². The van der Waals surface area contributed by atoms with Gasteiger partial charge < -0.3 is 15.5 Å². The second-order valence-electron chi connectivity index (χ2n) is 8.14. The second-order valence-corrected chi connectivity index (χ2v) is 8.58. The maximum Gasteiger partial charge on any atom is 0.178 e. The standard InChI is InChI=1S/C23H30FN5S/c24-20-14-19(16-26-27-23(25)30)21(28-10-4-5-11-28)15-22(20)29-12-8-18(9-13-29)17-6-2-1-3-7-17/h1-3,6-7,14-15,18,26H,4-5,8-13,16H2,(H3,25,27,30). The van der Waals surface area contributed by atoms with E-state index in [1.54, 1.807) is 6.07 Å². The van der Waals surface area contributed by atoms with Crippen LogP contribution in [0, 0.1) is 5.82 Å². The third-order valence-electron chi connectivity index (χ3n) is 6.19. The number of nitrogens with two attached hydrogens (primary N) is 1. The first-order chi connectivity index (χ1) is 14.6. The van der Waals surface area contributed by atoms with Crippen molar-refractivity contribution in [3.05, 3.63) is 59.4 Å². The number of hydrogen-bond donors (Lipinski definition) is 3. The molecule has 0 radical (unpaired) electrons. The van der Waals surface area contributed by atoms with Crippen LogP contribution in [0.5, 0.6) is 0 Å². The van der Waals surface area contributed by atoms with Gasteiger partial charge in [-0.15, -0.1) is 0 Å². The van der Waals surface area contributed by atoms with Gasteiger partial charge >= 0.3 is 0 Å². The molecule has 7 heteroatoms. The van der Waals surface area contributed by atoms with Crippen LogP contribution in [0.2, 0.25) is 0 Å². The Morgan fingerprint density at radius 3 is 2.33 bits per heavy atom. The summed E-state index contributed by atoms with van der Waals surface area (Å²) in [4.78, 5) is 4.57. The summed E-state index contributed by atoms with van der Waals surface area (Å²) < 4.78 is 15.1. The Morgan fingerprint density at radius 1 is 1.00 bits per heavy atom. The number of hydrazine groups is 1. The van der Waals surface area contributed by atoms with Crippen molar-refractivity contribution in [2.45, 2.75) is 38.1 Å². The van der Waals surface area contributed by atoms with E-state index in [1.165, 1.54) is 18.4 Å². The summed E-state index contributed by atoms with van der Waals surface area (Å²) in [5.74, 6) is 0.390. The van der Waals surface area contributed by atoms with Crippen LogP contribution in [0.1, 0.15) is 42.7 Å². The molecule has 0 aliphatic carbocycles. The largest absolute Gasteiger partial charge is 0.375 e. The fourth-order valence-corrected chi connectivity index (χ4v) is 4.71. The zero-order valence-corrected chi connectivity index (χ0v) is 18.1. The summed E-state index contributed by atoms with van der Waals surface area (Å²) in [6.45, 7) is 4.22. The number of piperidine rings is 1. The molecular formula is C23H30FN5S. The summed E-state index contributed by atoms with van der Waals surface area (Å²) in [5.41, 5.74) is 15.3. The second kappa shape index (κ2) is 9.62. The first-order valence-electron chi connectivity index (χ1n) is 10.8. The van der Waals surface area contributed by atoms with Crippen LogP contribution in [-0.2, 0) is 6.54 Å². The lowest BCUT2D eigenvalue weighted by atomic mass is 9.89. The molecule has 2 aromatic rings. The molecular weight excluding hydrogens is 397 g/mol. The summed E-state index contributed by atoms with van der Waals surface area (Å²) in [7, 11) is 0. The van der Waals surface area contributed by atoms with Crippen LogP contribution in [0.25, 0.3) is 0 Å². The van der Waals surface area contributed by atoms with Crippen molar-refractivity contribution in [1.29, 1.82) is 0 Å². The van der Waals surface area contributed by atoms with E-state index >= 15 is 4.39 Å². The fourth-order valence-electron chi connectivity index (χ4n) is 4.63. The average Bonchev–Trinajstić information content (AvgIpc) is 3.29. The van der Waals surface area contributed by atoms with E-state index in [2.05, 4.69) is 51.0 Å². The highest BCUT2D eigenvalue weighted by molar-refractivity contribution is 7.80. The molecule has 2 heterocycles. The molecule has 0 amide bonds. The van der Waals surface area contributed by atoms with Crippen LogP contribution >= 0.6 is 12.2 Å². The Morgan fingerprint density at radius 2 is 1.67 bits per heavy atom. The number of thiocarbonyl (C=S) groups is 1. The molecule has 2 aromatic carbocycles. The van der Waals surface area contributed by atoms with Crippen LogP contribution in [0.4, 0.5) is 15.8 Å². The Kier molecular flexibility index (Phi) is 6.69. The van der Waals surface area contributed by atoms with Crippen molar-refractivity contribution in [3.8, 4) is 0 Å². The molecule has 5 nitrogen and oxygen atoms in total. The molecule has 2 aliphatic rings. The number of nitrogens with one attached hydrogen (secondary N) is 2. The van der Waals surface area contributed by atoms with Crippen molar-refractivity contribution in [2.75, 3.05) is 36.0 Å². The summed E-state index contributed by atoms with van der Waals surface area (Å²) >= 11 is 4.84. The number of anilines is 2. The van der Waals surface area contributed by atoms with Crippen LogP contribution < -0.4 is 26.4 Å².